The quantitative estimate of drug-likeness (QED) is 0.634. The summed E-state index contributed by atoms with van der Waals surface area (Å²) >= 11 is 0. The molecule has 0 saturated carbocycles. The molecule has 5 heteroatoms. The Hall–Kier alpha value is -1.20. The molecule has 0 bridgehead atoms. The van der Waals surface area contributed by atoms with E-state index >= 15 is 0 Å². The van der Waals surface area contributed by atoms with Gasteiger partial charge in [0, 0.05) is 5.56 Å². The summed E-state index contributed by atoms with van der Waals surface area (Å²) in [6.45, 7) is 0. The Morgan fingerprint density at radius 3 is 1.92 bits per heavy atom. The van der Waals surface area contributed by atoms with Gasteiger partial charge in [0.05, 0.1) is 4.90 Å². The molecule has 0 aliphatic rings. The third kappa shape index (κ3) is 1.90. The van der Waals surface area contributed by atoms with Gasteiger partial charge in [0.25, 0.3) is 0 Å². The highest BCUT2D eigenvalue weighted by Gasteiger charge is 2.09. The van der Waals surface area contributed by atoms with Crippen molar-refractivity contribution in [1.29, 1.82) is 0 Å². The van der Waals surface area contributed by atoms with Crippen molar-refractivity contribution in [3.63, 3.8) is 0 Å². The van der Waals surface area contributed by atoms with E-state index in [0.717, 1.165) is 12.1 Å². The van der Waals surface area contributed by atoms with E-state index < -0.39 is 10.1 Å². The normalized spacial score (nSPS) is 11.1. The summed E-state index contributed by atoms with van der Waals surface area (Å²) in [4.78, 5) is 9.81. The topological polar surface area (TPSA) is 71.1 Å². The van der Waals surface area contributed by atoms with Crippen molar-refractivity contribution in [3.8, 4) is 0 Å². The van der Waals surface area contributed by atoms with E-state index in [0.29, 0.717) is 11.8 Å². The van der Waals surface area contributed by atoms with Crippen LogP contribution >= 0.6 is 0 Å². The maximum absolute atomic E-state index is 10.4. The van der Waals surface area contributed by atoms with E-state index in [-0.39, 0.29) is 4.90 Å². The summed E-state index contributed by atoms with van der Waals surface area (Å²) in [6.07, 6.45) is 0.571. The lowest BCUT2D eigenvalue weighted by Crippen LogP contribution is -1.95. The van der Waals surface area contributed by atoms with Gasteiger partial charge in [0.1, 0.15) is 6.29 Å². The second-order valence-electron chi connectivity index (χ2n) is 2.14. The number of hydrogen-bond donors (Lipinski definition) is 0. The molecule has 1 aromatic rings. The van der Waals surface area contributed by atoms with Crippen molar-refractivity contribution in [2.24, 2.45) is 0 Å². The molecule has 0 aliphatic heterocycles. The molecule has 4 nitrogen and oxygen atoms in total. The van der Waals surface area contributed by atoms with Crippen LogP contribution in [0.3, 0.4) is 0 Å². The van der Waals surface area contributed by atoms with E-state index in [9.17, 15) is 17.8 Å². The first-order valence-electron chi connectivity index (χ1n) is 3.05. The fraction of sp³-hybridized carbons (Fsp3) is 0. The van der Waals surface area contributed by atoms with Gasteiger partial charge in [-0.05, 0) is 12.1 Å². The SMILES string of the molecule is [O]S(=O)(=O)c1ccc(C=O)cc1. The van der Waals surface area contributed by atoms with Crippen LogP contribution in [0.15, 0.2) is 29.2 Å². The Balaban J connectivity index is 3.17. The smallest absolute Gasteiger partial charge is 0.298 e. The fourth-order valence-corrected chi connectivity index (χ4v) is 1.18. The lowest BCUT2D eigenvalue weighted by molar-refractivity contribution is 0.112. The van der Waals surface area contributed by atoms with Crippen molar-refractivity contribution >= 4 is 16.4 Å². The molecule has 0 fully saturated rings. The van der Waals surface area contributed by atoms with Gasteiger partial charge in [-0.15, -0.1) is 0 Å². The molecule has 0 amide bonds. The molecule has 0 saturated heterocycles. The molecule has 0 N–H and O–H groups in total. The van der Waals surface area contributed by atoms with Crippen LogP contribution in [-0.2, 0) is 14.7 Å². The number of carbonyl (C=O) groups excluding carboxylic acids is 1. The average Bonchev–Trinajstić information content (AvgIpc) is 2.03. The number of benzene rings is 1. The van der Waals surface area contributed by atoms with Crippen molar-refractivity contribution in [2.75, 3.05) is 0 Å². The summed E-state index contributed by atoms with van der Waals surface area (Å²) in [5, 5.41) is 0. The summed E-state index contributed by atoms with van der Waals surface area (Å²) in [5.41, 5.74) is 0.336. The third-order valence-electron chi connectivity index (χ3n) is 1.30. The fourth-order valence-electron chi connectivity index (χ4n) is 0.713. The molecular weight excluding hydrogens is 180 g/mol. The zero-order valence-corrected chi connectivity index (χ0v) is 6.74. The standard InChI is InChI=1S/C7H5O4S/c8-5-6-1-3-7(4-2-6)12(9,10)11/h1-5H. The first kappa shape index (κ1) is 8.89. The van der Waals surface area contributed by atoms with Crippen molar-refractivity contribution in [3.05, 3.63) is 29.8 Å². The van der Waals surface area contributed by atoms with Gasteiger partial charge in [-0.25, -0.2) is 0 Å². The molecular formula is C7H5O4S. The van der Waals surface area contributed by atoms with Gasteiger partial charge in [0.15, 0.2) is 0 Å². The second kappa shape index (κ2) is 3.04. The van der Waals surface area contributed by atoms with Crippen LogP contribution in [0.25, 0.3) is 0 Å². The Bertz CT molecular complexity index is 376. The van der Waals surface area contributed by atoms with Crippen LogP contribution < -0.4 is 0 Å². The van der Waals surface area contributed by atoms with E-state index in [4.69, 9.17) is 0 Å². The first-order valence-corrected chi connectivity index (χ1v) is 4.46. The second-order valence-corrected chi connectivity index (χ2v) is 3.52. The number of hydrogen-bond acceptors (Lipinski definition) is 3. The number of carbonyl (C=O) groups is 1. The molecule has 0 spiro atoms. The van der Waals surface area contributed by atoms with Gasteiger partial charge in [-0.2, -0.15) is 8.42 Å². The zero-order chi connectivity index (χ0) is 9.19. The predicted molar refractivity (Wildman–Crippen MR) is 39.7 cm³/mol. The predicted octanol–water partition coefficient (Wildman–Crippen LogP) is 0.618. The summed E-state index contributed by atoms with van der Waals surface area (Å²) in [7, 11) is -4.39. The molecule has 0 unspecified atom stereocenters. The van der Waals surface area contributed by atoms with Gasteiger partial charge < -0.3 is 0 Å². The molecule has 0 aliphatic carbocycles. The molecule has 12 heavy (non-hydrogen) atoms. The largest absolute Gasteiger partial charge is 0.324 e. The highest BCUT2D eigenvalue weighted by atomic mass is 32.2. The highest BCUT2D eigenvalue weighted by molar-refractivity contribution is 7.85. The van der Waals surface area contributed by atoms with E-state index in [2.05, 4.69) is 0 Å². The zero-order valence-electron chi connectivity index (χ0n) is 5.93. The van der Waals surface area contributed by atoms with Crippen molar-refractivity contribution in [1.82, 2.24) is 0 Å². The molecule has 0 aromatic heterocycles. The third-order valence-corrected chi connectivity index (χ3v) is 2.15. The monoisotopic (exact) mass is 185 g/mol. The maximum Gasteiger partial charge on any atom is 0.324 e. The summed E-state index contributed by atoms with van der Waals surface area (Å²) in [6, 6.07) is 4.76. The van der Waals surface area contributed by atoms with Gasteiger partial charge in [0.2, 0.25) is 0 Å². The molecule has 0 heterocycles. The Morgan fingerprint density at radius 1 is 1.08 bits per heavy atom. The molecule has 1 rings (SSSR count). The van der Waals surface area contributed by atoms with Crippen molar-refractivity contribution < 1.29 is 17.8 Å². The molecule has 1 aromatic carbocycles. The van der Waals surface area contributed by atoms with Crippen LogP contribution in [0.2, 0.25) is 0 Å². The van der Waals surface area contributed by atoms with Gasteiger partial charge >= 0.3 is 10.1 Å². The van der Waals surface area contributed by atoms with Crippen LogP contribution in [0.4, 0.5) is 0 Å². The van der Waals surface area contributed by atoms with Gasteiger partial charge in [-0.1, -0.05) is 16.7 Å². The lowest BCUT2D eigenvalue weighted by atomic mass is 10.2. The summed E-state index contributed by atoms with van der Waals surface area (Å²) < 4.78 is 31.2. The minimum absolute atomic E-state index is 0.326. The molecule has 1 radical (unpaired) electrons. The number of rotatable bonds is 2. The van der Waals surface area contributed by atoms with Crippen molar-refractivity contribution in [2.45, 2.75) is 4.90 Å². The first-order chi connectivity index (χ1) is 5.54. The van der Waals surface area contributed by atoms with E-state index in [1.165, 1.54) is 12.1 Å². The summed E-state index contributed by atoms with van der Waals surface area (Å²) in [5.74, 6) is 0. The van der Waals surface area contributed by atoms with Gasteiger partial charge in [-0.3, -0.25) is 4.79 Å². The highest BCUT2D eigenvalue weighted by Crippen LogP contribution is 2.08. The minimum Gasteiger partial charge on any atom is -0.298 e. The Kier molecular flexibility index (Phi) is 2.25. The van der Waals surface area contributed by atoms with Crippen LogP contribution in [0, 0.1) is 0 Å². The van der Waals surface area contributed by atoms with Crippen LogP contribution in [0.1, 0.15) is 10.4 Å². The maximum atomic E-state index is 10.4. The number of aldehydes is 1. The lowest BCUT2D eigenvalue weighted by Gasteiger charge is -1.93. The Morgan fingerprint density at radius 2 is 1.58 bits per heavy atom. The molecule has 63 valence electrons. The van der Waals surface area contributed by atoms with Crippen LogP contribution in [-0.4, -0.2) is 14.7 Å². The molecule has 0 atom stereocenters. The van der Waals surface area contributed by atoms with Crippen LogP contribution in [0.5, 0.6) is 0 Å². The van der Waals surface area contributed by atoms with E-state index in [1.807, 2.05) is 0 Å². The average molecular weight is 185 g/mol. The van der Waals surface area contributed by atoms with E-state index in [1.54, 1.807) is 0 Å². The minimum atomic E-state index is -4.39. The Labute approximate surface area is 69.6 Å².